The number of phenols is 1. The molecule has 0 spiro atoms. The van der Waals surface area contributed by atoms with Crippen LogP contribution in [-0.4, -0.2) is 15.8 Å². The second-order valence-electron chi connectivity index (χ2n) is 6.33. The zero-order valence-electron chi connectivity index (χ0n) is 13.7. The lowest BCUT2D eigenvalue weighted by molar-refractivity contribution is -0.0325. The van der Waals surface area contributed by atoms with E-state index >= 15 is 0 Å². The molecule has 130 valence electrons. The number of rotatable bonds is 2. The summed E-state index contributed by atoms with van der Waals surface area (Å²) in [5.41, 5.74) is 2.48. The second kappa shape index (κ2) is 5.81. The van der Waals surface area contributed by atoms with E-state index in [0.29, 0.717) is 22.8 Å². The molecule has 5 nitrogen and oxygen atoms in total. The fourth-order valence-corrected chi connectivity index (χ4v) is 3.73. The highest BCUT2D eigenvalue weighted by atomic mass is 35.5. The number of hydrazone groups is 1. The molecule has 2 aliphatic heterocycles. The van der Waals surface area contributed by atoms with Crippen molar-refractivity contribution in [2.75, 3.05) is 0 Å². The van der Waals surface area contributed by atoms with Crippen LogP contribution in [0.1, 0.15) is 35.6 Å². The van der Waals surface area contributed by atoms with Gasteiger partial charge in [0.2, 0.25) is 6.23 Å². The second-order valence-corrected chi connectivity index (χ2v) is 6.77. The Morgan fingerprint density at radius 2 is 2.00 bits per heavy atom. The molecule has 1 aromatic heterocycles. The third-order valence-electron chi connectivity index (χ3n) is 4.76. The van der Waals surface area contributed by atoms with E-state index in [9.17, 15) is 5.11 Å². The van der Waals surface area contributed by atoms with Gasteiger partial charge in [0.05, 0.1) is 18.0 Å². The standard InChI is InChI=1S/C20H15ClN2O3/c21-12-7-8-17(24)14(10-12)15-11-16-13-4-1-2-5-18(13)26-20(23(16)22-15)19-6-3-9-25-19/h1-10,16,20,24H,11H2/t16-,20+/m1/s1. The molecule has 0 fully saturated rings. The topological polar surface area (TPSA) is 58.2 Å². The zero-order valence-corrected chi connectivity index (χ0v) is 14.4. The van der Waals surface area contributed by atoms with Crippen molar-refractivity contribution in [1.82, 2.24) is 5.01 Å². The lowest BCUT2D eigenvalue weighted by Crippen LogP contribution is -2.33. The molecule has 0 amide bonds. The van der Waals surface area contributed by atoms with Crippen molar-refractivity contribution >= 4 is 17.3 Å². The third kappa shape index (κ3) is 2.35. The number of furan rings is 1. The van der Waals surface area contributed by atoms with Crippen LogP contribution in [0.3, 0.4) is 0 Å². The summed E-state index contributed by atoms with van der Waals surface area (Å²) in [4.78, 5) is 0. The molecule has 1 N–H and O–H groups in total. The van der Waals surface area contributed by atoms with E-state index in [0.717, 1.165) is 17.0 Å². The van der Waals surface area contributed by atoms with Gasteiger partial charge in [0.15, 0.2) is 5.76 Å². The van der Waals surface area contributed by atoms with Crippen LogP contribution < -0.4 is 4.74 Å². The Morgan fingerprint density at radius 1 is 1.12 bits per heavy atom. The van der Waals surface area contributed by atoms with Crippen molar-refractivity contribution < 1.29 is 14.3 Å². The summed E-state index contributed by atoms with van der Waals surface area (Å²) in [5, 5.41) is 17.5. The van der Waals surface area contributed by atoms with Gasteiger partial charge in [0, 0.05) is 22.6 Å². The number of nitrogens with zero attached hydrogens (tertiary/aromatic N) is 2. The van der Waals surface area contributed by atoms with Gasteiger partial charge in [0.1, 0.15) is 11.5 Å². The Kier molecular flexibility index (Phi) is 3.43. The summed E-state index contributed by atoms with van der Waals surface area (Å²) in [6.45, 7) is 0. The Balaban J connectivity index is 1.62. The molecule has 2 atom stereocenters. The quantitative estimate of drug-likeness (QED) is 0.702. The molecule has 0 unspecified atom stereocenters. The van der Waals surface area contributed by atoms with Crippen molar-refractivity contribution in [2.24, 2.45) is 5.10 Å². The molecule has 6 heteroatoms. The SMILES string of the molecule is Oc1ccc(Cl)cc1C1=NN2[C@H](C1)c1ccccc1O[C@H]2c1ccco1. The molecule has 26 heavy (non-hydrogen) atoms. The first-order valence-electron chi connectivity index (χ1n) is 8.34. The molecule has 0 aliphatic carbocycles. The Bertz CT molecular complexity index is 1000. The average molecular weight is 367 g/mol. The third-order valence-corrected chi connectivity index (χ3v) is 4.99. The van der Waals surface area contributed by atoms with Gasteiger partial charge in [0.25, 0.3) is 0 Å². The fourth-order valence-electron chi connectivity index (χ4n) is 3.56. The van der Waals surface area contributed by atoms with E-state index in [2.05, 4.69) is 0 Å². The molecule has 0 saturated heterocycles. The highest BCUT2D eigenvalue weighted by molar-refractivity contribution is 6.31. The van der Waals surface area contributed by atoms with Crippen LogP contribution in [0.25, 0.3) is 0 Å². The van der Waals surface area contributed by atoms with Gasteiger partial charge in [-0.15, -0.1) is 0 Å². The minimum Gasteiger partial charge on any atom is -0.507 e. The Labute approximate surface area is 155 Å². The normalized spacial score (nSPS) is 21.0. The number of hydrogen-bond donors (Lipinski definition) is 1. The molecular weight excluding hydrogens is 352 g/mol. The van der Waals surface area contributed by atoms with E-state index in [1.165, 1.54) is 0 Å². The molecular formula is C20H15ClN2O3. The van der Waals surface area contributed by atoms with Crippen molar-refractivity contribution in [3.63, 3.8) is 0 Å². The highest BCUT2D eigenvalue weighted by Crippen LogP contribution is 2.48. The minimum atomic E-state index is -0.455. The van der Waals surface area contributed by atoms with Crippen LogP contribution in [-0.2, 0) is 0 Å². The fraction of sp³-hybridized carbons (Fsp3) is 0.150. The summed E-state index contributed by atoms with van der Waals surface area (Å²) >= 11 is 6.12. The van der Waals surface area contributed by atoms with Gasteiger partial charge >= 0.3 is 0 Å². The number of ether oxygens (including phenoxy) is 1. The first kappa shape index (κ1) is 15.3. The molecule has 2 aromatic carbocycles. The predicted molar refractivity (Wildman–Crippen MR) is 97.4 cm³/mol. The summed E-state index contributed by atoms with van der Waals surface area (Å²) in [6, 6.07) is 16.6. The number of halogens is 1. The molecule has 2 aliphatic rings. The largest absolute Gasteiger partial charge is 0.507 e. The van der Waals surface area contributed by atoms with Crippen LogP contribution in [0.2, 0.25) is 5.02 Å². The summed E-state index contributed by atoms with van der Waals surface area (Å²) < 4.78 is 11.7. The lowest BCUT2D eigenvalue weighted by atomic mass is 9.96. The van der Waals surface area contributed by atoms with Crippen LogP contribution in [0, 0.1) is 0 Å². The minimum absolute atomic E-state index is 0.00318. The molecule has 0 radical (unpaired) electrons. The van der Waals surface area contributed by atoms with Crippen molar-refractivity contribution in [3.05, 3.63) is 82.8 Å². The van der Waals surface area contributed by atoms with E-state index in [-0.39, 0.29) is 11.8 Å². The number of para-hydroxylation sites is 1. The van der Waals surface area contributed by atoms with Crippen molar-refractivity contribution in [1.29, 1.82) is 0 Å². The number of benzene rings is 2. The van der Waals surface area contributed by atoms with Gasteiger partial charge in [-0.2, -0.15) is 5.10 Å². The molecule has 0 saturated carbocycles. The molecule has 0 bridgehead atoms. The van der Waals surface area contributed by atoms with Crippen LogP contribution in [0.4, 0.5) is 0 Å². The molecule has 3 heterocycles. The Morgan fingerprint density at radius 3 is 2.85 bits per heavy atom. The number of hydrogen-bond acceptors (Lipinski definition) is 5. The van der Waals surface area contributed by atoms with Crippen LogP contribution >= 0.6 is 11.6 Å². The molecule has 5 rings (SSSR count). The monoisotopic (exact) mass is 366 g/mol. The van der Waals surface area contributed by atoms with Crippen LogP contribution in [0.5, 0.6) is 11.5 Å². The lowest BCUT2D eigenvalue weighted by Gasteiger charge is -2.36. The number of aromatic hydroxyl groups is 1. The zero-order chi connectivity index (χ0) is 17.7. The van der Waals surface area contributed by atoms with Gasteiger partial charge < -0.3 is 14.3 Å². The van der Waals surface area contributed by atoms with E-state index in [4.69, 9.17) is 25.9 Å². The summed E-state index contributed by atoms with van der Waals surface area (Å²) in [6.07, 6.45) is 1.81. The summed E-state index contributed by atoms with van der Waals surface area (Å²) in [5.74, 6) is 1.67. The van der Waals surface area contributed by atoms with Gasteiger partial charge in [-0.3, -0.25) is 0 Å². The summed E-state index contributed by atoms with van der Waals surface area (Å²) in [7, 11) is 0. The highest BCUT2D eigenvalue weighted by Gasteiger charge is 2.42. The van der Waals surface area contributed by atoms with Crippen molar-refractivity contribution in [2.45, 2.75) is 18.7 Å². The van der Waals surface area contributed by atoms with Crippen LogP contribution in [0.15, 0.2) is 70.4 Å². The van der Waals surface area contributed by atoms with E-state index < -0.39 is 6.23 Å². The molecule has 3 aromatic rings. The maximum atomic E-state index is 10.3. The Hall–Kier alpha value is -2.92. The number of phenolic OH excluding ortho intramolecular Hbond substituents is 1. The number of fused-ring (bicyclic) bond motifs is 3. The van der Waals surface area contributed by atoms with Gasteiger partial charge in [-0.25, -0.2) is 5.01 Å². The van der Waals surface area contributed by atoms with Crippen molar-refractivity contribution in [3.8, 4) is 11.5 Å². The van der Waals surface area contributed by atoms with E-state index in [1.54, 1.807) is 24.5 Å². The van der Waals surface area contributed by atoms with Gasteiger partial charge in [-0.05, 0) is 36.4 Å². The predicted octanol–water partition coefficient (Wildman–Crippen LogP) is 4.88. The first-order valence-corrected chi connectivity index (χ1v) is 8.72. The van der Waals surface area contributed by atoms with Gasteiger partial charge in [-0.1, -0.05) is 29.8 Å². The smallest absolute Gasteiger partial charge is 0.246 e. The first-order chi connectivity index (χ1) is 12.7. The maximum absolute atomic E-state index is 10.3. The average Bonchev–Trinajstić information content (AvgIpc) is 3.33. The maximum Gasteiger partial charge on any atom is 0.246 e. The van der Waals surface area contributed by atoms with E-state index in [1.807, 2.05) is 41.4 Å².